The summed E-state index contributed by atoms with van der Waals surface area (Å²) in [5.41, 5.74) is 1.38. The molecule has 0 aliphatic heterocycles. The van der Waals surface area contributed by atoms with E-state index in [4.69, 9.17) is 0 Å². The first kappa shape index (κ1) is 15.0. The number of allylic oxidation sites excluding steroid dienone is 1. The van der Waals surface area contributed by atoms with Crippen molar-refractivity contribution in [3.8, 4) is 0 Å². The van der Waals surface area contributed by atoms with E-state index in [0.717, 1.165) is 16.5 Å². The number of ketones is 1. The minimum absolute atomic E-state index is 0.0475. The molecular formula is C15H11FN4O2S. The molecule has 0 unspecified atom stereocenters. The average Bonchev–Trinajstić information content (AvgIpc) is 3.20. The van der Waals surface area contributed by atoms with Gasteiger partial charge in [0.25, 0.3) is 0 Å². The van der Waals surface area contributed by atoms with Crippen LogP contribution in [0.4, 0.5) is 4.39 Å². The minimum Gasteiger partial charge on any atom is -0.504 e. The van der Waals surface area contributed by atoms with Crippen LogP contribution in [0, 0.1) is 5.82 Å². The summed E-state index contributed by atoms with van der Waals surface area (Å²) in [5.74, 6) is -1.06. The highest BCUT2D eigenvalue weighted by molar-refractivity contribution is 7.10. The number of benzene rings is 1. The Hall–Kier alpha value is -2.87. The van der Waals surface area contributed by atoms with Crippen molar-refractivity contribution in [2.24, 2.45) is 0 Å². The van der Waals surface area contributed by atoms with E-state index in [1.54, 1.807) is 23.6 Å². The molecule has 0 bridgehead atoms. The molecule has 23 heavy (non-hydrogen) atoms. The molecule has 0 amide bonds. The lowest BCUT2D eigenvalue weighted by atomic mass is 10.1. The Morgan fingerprint density at radius 2 is 2.09 bits per heavy atom. The highest BCUT2D eigenvalue weighted by Gasteiger charge is 2.14. The van der Waals surface area contributed by atoms with Gasteiger partial charge in [-0.3, -0.25) is 4.79 Å². The zero-order valence-electron chi connectivity index (χ0n) is 11.7. The number of aromatic amines is 1. The third kappa shape index (κ3) is 3.49. The lowest BCUT2D eigenvalue weighted by Gasteiger charge is -2.02. The Labute approximate surface area is 134 Å². The van der Waals surface area contributed by atoms with E-state index in [-0.39, 0.29) is 23.2 Å². The zero-order valence-corrected chi connectivity index (χ0v) is 12.5. The largest absolute Gasteiger partial charge is 0.504 e. The number of H-pyrrole nitrogens is 1. The van der Waals surface area contributed by atoms with Crippen LogP contribution in [0.2, 0.25) is 0 Å². The van der Waals surface area contributed by atoms with Gasteiger partial charge in [0.15, 0.2) is 11.5 Å². The van der Waals surface area contributed by atoms with E-state index in [9.17, 15) is 14.3 Å². The number of hydrogen-bond acceptors (Lipinski definition) is 6. The number of aliphatic hydroxyl groups excluding tert-OH is 1. The van der Waals surface area contributed by atoms with E-state index < -0.39 is 0 Å². The van der Waals surface area contributed by atoms with Crippen molar-refractivity contribution in [2.75, 3.05) is 0 Å². The Morgan fingerprint density at radius 1 is 1.30 bits per heavy atom. The normalized spacial score (nSPS) is 11.6. The summed E-state index contributed by atoms with van der Waals surface area (Å²) in [5, 5.41) is 24.3. The quantitative estimate of drug-likeness (QED) is 0.426. The van der Waals surface area contributed by atoms with Gasteiger partial charge < -0.3 is 5.11 Å². The molecule has 1 aromatic carbocycles. The van der Waals surface area contributed by atoms with Crippen molar-refractivity contribution in [3.05, 3.63) is 69.4 Å². The molecule has 0 spiro atoms. The third-order valence-corrected chi connectivity index (χ3v) is 4.05. The Kier molecular flexibility index (Phi) is 4.24. The van der Waals surface area contributed by atoms with Crippen LogP contribution in [0.3, 0.4) is 0 Å². The number of thiophene rings is 1. The van der Waals surface area contributed by atoms with Crippen molar-refractivity contribution in [1.82, 2.24) is 20.6 Å². The van der Waals surface area contributed by atoms with Crippen molar-refractivity contribution in [3.63, 3.8) is 0 Å². The summed E-state index contributed by atoms with van der Waals surface area (Å²) in [4.78, 5) is 13.1. The number of carbonyl (C=O) groups is 1. The molecule has 0 aliphatic rings. The van der Waals surface area contributed by atoms with E-state index >= 15 is 0 Å². The molecule has 2 heterocycles. The summed E-state index contributed by atoms with van der Waals surface area (Å²) >= 11 is 1.43. The lowest BCUT2D eigenvalue weighted by Crippen LogP contribution is -2.00. The van der Waals surface area contributed by atoms with Gasteiger partial charge >= 0.3 is 0 Å². The summed E-state index contributed by atoms with van der Waals surface area (Å²) in [6.45, 7) is 0. The Bertz CT molecular complexity index is 841. The van der Waals surface area contributed by atoms with Crippen LogP contribution in [0.5, 0.6) is 0 Å². The second kappa shape index (κ2) is 6.49. The highest BCUT2D eigenvalue weighted by atomic mass is 32.1. The number of rotatable bonds is 5. The van der Waals surface area contributed by atoms with Gasteiger partial charge in [0, 0.05) is 22.9 Å². The molecule has 0 aliphatic carbocycles. The molecular weight excluding hydrogens is 319 g/mol. The van der Waals surface area contributed by atoms with Crippen LogP contribution in [0.25, 0.3) is 5.76 Å². The fourth-order valence-corrected chi connectivity index (χ4v) is 2.94. The maximum absolute atomic E-state index is 12.9. The summed E-state index contributed by atoms with van der Waals surface area (Å²) in [6, 6.07) is 7.80. The number of tetrazole rings is 1. The number of nitrogens with one attached hydrogen (secondary N) is 1. The van der Waals surface area contributed by atoms with Gasteiger partial charge in [0.2, 0.25) is 5.82 Å². The van der Waals surface area contributed by atoms with Crippen LogP contribution in [0.1, 0.15) is 26.6 Å². The molecule has 0 saturated heterocycles. The van der Waals surface area contributed by atoms with Crippen LogP contribution < -0.4 is 0 Å². The SMILES string of the molecule is O=C(C=C(O)c1nn[nH]n1)c1ccsc1Cc1ccc(F)cc1. The van der Waals surface area contributed by atoms with Crippen molar-refractivity contribution >= 4 is 22.9 Å². The maximum atomic E-state index is 12.9. The zero-order chi connectivity index (χ0) is 16.2. The van der Waals surface area contributed by atoms with Gasteiger partial charge in [-0.2, -0.15) is 5.21 Å². The predicted molar refractivity (Wildman–Crippen MR) is 82.6 cm³/mol. The summed E-state index contributed by atoms with van der Waals surface area (Å²) in [7, 11) is 0. The number of nitrogens with zero attached hydrogens (tertiary/aromatic N) is 3. The molecule has 3 rings (SSSR count). The van der Waals surface area contributed by atoms with Crippen LogP contribution in [-0.4, -0.2) is 31.5 Å². The van der Waals surface area contributed by atoms with Gasteiger partial charge in [-0.05, 0) is 34.4 Å². The van der Waals surface area contributed by atoms with Crippen LogP contribution >= 0.6 is 11.3 Å². The van der Waals surface area contributed by atoms with Crippen LogP contribution in [0.15, 0.2) is 41.8 Å². The van der Waals surface area contributed by atoms with E-state index in [1.165, 1.54) is 23.5 Å². The van der Waals surface area contributed by atoms with Crippen molar-refractivity contribution in [1.29, 1.82) is 0 Å². The van der Waals surface area contributed by atoms with E-state index in [1.807, 2.05) is 0 Å². The first-order valence-electron chi connectivity index (χ1n) is 6.63. The lowest BCUT2D eigenvalue weighted by molar-refractivity contribution is 0.104. The number of halogens is 1. The first-order valence-corrected chi connectivity index (χ1v) is 7.51. The van der Waals surface area contributed by atoms with E-state index in [0.29, 0.717) is 12.0 Å². The van der Waals surface area contributed by atoms with Crippen LogP contribution in [-0.2, 0) is 6.42 Å². The second-order valence-corrected chi connectivity index (χ2v) is 5.69. The number of aromatic nitrogens is 4. The fraction of sp³-hybridized carbons (Fsp3) is 0.0667. The standard InChI is InChI=1S/C15H11FN4O2S/c16-10-3-1-9(2-4-10)7-14-11(5-6-23-14)12(21)8-13(22)15-17-19-20-18-15/h1-6,8,22H,7H2,(H,17,18,19,20). The van der Waals surface area contributed by atoms with Gasteiger partial charge in [-0.15, -0.1) is 21.5 Å². The molecule has 3 aromatic rings. The fourth-order valence-electron chi connectivity index (χ4n) is 2.02. The van der Waals surface area contributed by atoms with Gasteiger partial charge in [-0.1, -0.05) is 12.1 Å². The molecule has 0 radical (unpaired) electrons. The Balaban J connectivity index is 1.81. The molecule has 2 aromatic heterocycles. The molecule has 0 atom stereocenters. The number of aliphatic hydroxyl groups is 1. The molecule has 0 saturated carbocycles. The summed E-state index contributed by atoms with van der Waals surface area (Å²) < 4.78 is 12.9. The second-order valence-electron chi connectivity index (χ2n) is 4.69. The maximum Gasteiger partial charge on any atom is 0.239 e. The first-order chi connectivity index (χ1) is 11.1. The van der Waals surface area contributed by atoms with Gasteiger partial charge in [-0.25, -0.2) is 4.39 Å². The Morgan fingerprint density at radius 3 is 2.78 bits per heavy atom. The molecule has 6 nitrogen and oxygen atoms in total. The number of carbonyl (C=O) groups excluding carboxylic acids is 1. The monoisotopic (exact) mass is 330 g/mol. The van der Waals surface area contributed by atoms with Gasteiger partial charge in [0.05, 0.1) is 0 Å². The van der Waals surface area contributed by atoms with Crippen molar-refractivity contribution in [2.45, 2.75) is 6.42 Å². The van der Waals surface area contributed by atoms with E-state index in [2.05, 4.69) is 20.6 Å². The third-order valence-electron chi connectivity index (χ3n) is 3.13. The molecule has 8 heteroatoms. The molecule has 116 valence electrons. The smallest absolute Gasteiger partial charge is 0.239 e. The van der Waals surface area contributed by atoms with Gasteiger partial charge in [0.1, 0.15) is 5.82 Å². The average molecular weight is 330 g/mol. The molecule has 2 N–H and O–H groups in total. The topological polar surface area (TPSA) is 91.8 Å². The predicted octanol–water partition coefficient (Wildman–Crippen LogP) is 2.77. The minimum atomic E-state index is -0.359. The number of hydrogen-bond donors (Lipinski definition) is 2. The summed E-state index contributed by atoms with van der Waals surface area (Å²) in [6.07, 6.45) is 1.57. The molecule has 0 fully saturated rings. The van der Waals surface area contributed by atoms with Crippen molar-refractivity contribution < 1.29 is 14.3 Å². The highest BCUT2D eigenvalue weighted by Crippen LogP contribution is 2.22.